The molecule has 8 atom stereocenters. The number of aliphatic hydroxyl groups excluding tert-OH is 3. The van der Waals surface area contributed by atoms with Crippen molar-refractivity contribution < 1.29 is 20.1 Å². The average molecular weight is 390 g/mol. The Bertz CT molecular complexity index is 709. The molecule has 5 nitrogen and oxygen atoms in total. The minimum atomic E-state index is -0.526. The van der Waals surface area contributed by atoms with E-state index in [1.54, 1.807) is 0 Å². The standard InChI is InChI=1S/C23H35NO4/c1-14-15-10-16-20(28)23-6-3-5-21(13-26,12-24(2)8-9-25)17(23)4-7-22(16,19(14)27)18(23)11-15/h15-19,25-27H,1,3-13H2,2H3/t15-,16+,17+,18+,19-,21-,22+,23-/m0/s1. The van der Waals surface area contributed by atoms with Crippen molar-refractivity contribution >= 4 is 5.78 Å². The van der Waals surface area contributed by atoms with E-state index in [2.05, 4.69) is 11.5 Å². The molecule has 0 heterocycles. The third kappa shape index (κ3) is 2.00. The number of likely N-dealkylation sites (N-methyl/N-ethyl adjacent to an activating group) is 1. The summed E-state index contributed by atoms with van der Waals surface area (Å²) in [6.07, 6.45) is 6.01. The monoisotopic (exact) mass is 389 g/mol. The van der Waals surface area contributed by atoms with Gasteiger partial charge in [0.05, 0.1) is 19.3 Å². The van der Waals surface area contributed by atoms with Gasteiger partial charge in [0.15, 0.2) is 0 Å². The second-order valence-electron chi connectivity index (χ2n) is 10.7. The molecule has 6 saturated carbocycles. The van der Waals surface area contributed by atoms with Gasteiger partial charge in [0.2, 0.25) is 0 Å². The van der Waals surface area contributed by atoms with E-state index in [-0.39, 0.29) is 53.1 Å². The van der Waals surface area contributed by atoms with Gasteiger partial charge >= 0.3 is 0 Å². The maximum atomic E-state index is 14.0. The van der Waals surface area contributed by atoms with Crippen LogP contribution in [-0.2, 0) is 4.79 Å². The van der Waals surface area contributed by atoms with Gasteiger partial charge in [-0.3, -0.25) is 4.79 Å². The molecule has 0 saturated heterocycles. The van der Waals surface area contributed by atoms with Crippen LogP contribution in [0.4, 0.5) is 0 Å². The molecule has 0 radical (unpaired) electrons. The summed E-state index contributed by atoms with van der Waals surface area (Å²) in [5.41, 5.74) is 0.0516. The lowest BCUT2D eigenvalue weighted by molar-refractivity contribution is -0.184. The fourth-order valence-corrected chi connectivity index (χ4v) is 9.14. The molecule has 2 spiro atoms. The van der Waals surface area contributed by atoms with Gasteiger partial charge in [-0.1, -0.05) is 13.0 Å². The van der Waals surface area contributed by atoms with Crippen LogP contribution in [0.3, 0.4) is 0 Å². The van der Waals surface area contributed by atoms with Crippen molar-refractivity contribution in [2.24, 2.45) is 39.9 Å². The number of carbonyl (C=O) groups excluding carboxylic acids is 1. The molecular weight excluding hydrogens is 354 g/mol. The number of hydrogen-bond acceptors (Lipinski definition) is 5. The normalized spacial score (nSPS) is 51.7. The molecular formula is C23H35NO4. The van der Waals surface area contributed by atoms with Crippen LogP contribution in [0.5, 0.6) is 0 Å². The van der Waals surface area contributed by atoms with Crippen LogP contribution in [0.25, 0.3) is 0 Å². The maximum absolute atomic E-state index is 14.0. The Balaban J connectivity index is 1.59. The van der Waals surface area contributed by atoms with Gasteiger partial charge < -0.3 is 20.2 Å². The quantitative estimate of drug-likeness (QED) is 0.623. The Morgan fingerprint density at radius 2 is 1.96 bits per heavy atom. The zero-order valence-electron chi connectivity index (χ0n) is 17.1. The van der Waals surface area contributed by atoms with Crippen molar-refractivity contribution in [3.63, 3.8) is 0 Å². The first-order chi connectivity index (χ1) is 13.4. The Morgan fingerprint density at radius 3 is 2.68 bits per heavy atom. The molecule has 156 valence electrons. The van der Waals surface area contributed by atoms with E-state index in [9.17, 15) is 20.1 Å². The summed E-state index contributed by atoms with van der Waals surface area (Å²) in [4.78, 5) is 16.1. The molecule has 6 aliphatic rings. The molecule has 0 amide bonds. The summed E-state index contributed by atoms with van der Waals surface area (Å²) in [5.74, 6) is 1.14. The molecule has 0 aliphatic heterocycles. The predicted octanol–water partition coefficient (Wildman–Crippen LogP) is 1.61. The predicted molar refractivity (Wildman–Crippen MR) is 105 cm³/mol. The van der Waals surface area contributed by atoms with Gasteiger partial charge in [0, 0.05) is 35.3 Å². The zero-order valence-corrected chi connectivity index (χ0v) is 17.1. The van der Waals surface area contributed by atoms with E-state index in [1.807, 2.05) is 7.05 Å². The maximum Gasteiger partial charge on any atom is 0.143 e. The minimum absolute atomic E-state index is 0.00795. The third-order valence-electron chi connectivity index (χ3n) is 9.99. The van der Waals surface area contributed by atoms with Gasteiger partial charge in [-0.05, 0) is 68.9 Å². The lowest BCUT2D eigenvalue weighted by atomic mass is 9.40. The number of hydrogen-bond donors (Lipinski definition) is 3. The van der Waals surface area contributed by atoms with Gasteiger partial charge in [0.25, 0.3) is 0 Å². The summed E-state index contributed by atoms with van der Waals surface area (Å²) in [5, 5.41) is 31.2. The first-order valence-electron chi connectivity index (χ1n) is 11.2. The smallest absolute Gasteiger partial charge is 0.143 e. The van der Waals surface area contributed by atoms with E-state index >= 15 is 0 Å². The summed E-state index contributed by atoms with van der Waals surface area (Å²) >= 11 is 0. The molecule has 3 N–H and O–H groups in total. The summed E-state index contributed by atoms with van der Waals surface area (Å²) in [7, 11) is 2.00. The zero-order chi connectivity index (χ0) is 19.9. The van der Waals surface area contributed by atoms with Crippen molar-refractivity contribution in [3.8, 4) is 0 Å². The Morgan fingerprint density at radius 1 is 1.18 bits per heavy atom. The van der Waals surface area contributed by atoms with Crippen LogP contribution in [-0.4, -0.2) is 65.5 Å². The van der Waals surface area contributed by atoms with E-state index in [0.717, 1.165) is 57.1 Å². The first-order valence-corrected chi connectivity index (χ1v) is 11.2. The number of nitrogens with zero attached hydrogens (tertiary/aromatic N) is 1. The number of fused-ring (bicyclic) bond motifs is 1. The van der Waals surface area contributed by atoms with E-state index in [4.69, 9.17) is 0 Å². The van der Waals surface area contributed by atoms with E-state index in [1.165, 1.54) is 0 Å². The van der Waals surface area contributed by atoms with Crippen LogP contribution in [0, 0.1) is 39.9 Å². The van der Waals surface area contributed by atoms with Crippen LogP contribution < -0.4 is 0 Å². The largest absolute Gasteiger partial charge is 0.396 e. The molecule has 0 aromatic carbocycles. The lowest BCUT2D eigenvalue weighted by Gasteiger charge is -2.64. The summed E-state index contributed by atoms with van der Waals surface area (Å²) < 4.78 is 0. The van der Waals surface area contributed by atoms with Crippen LogP contribution >= 0.6 is 0 Å². The molecule has 28 heavy (non-hydrogen) atoms. The van der Waals surface area contributed by atoms with Crippen molar-refractivity contribution in [3.05, 3.63) is 12.2 Å². The first kappa shape index (κ1) is 19.2. The van der Waals surface area contributed by atoms with Gasteiger partial charge in [-0.15, -0.1) is 0 Å². The highest BCUT2D eigenvalue weighted by Crippen LogP contribution is 2.79. The average Bonchev–Trinajstić information content (AvgIpc) is 2.79. The topological polar surface area (TPSA) is 81.0 Å². The number of rotatable bonds is 5. The highest BCUT2D eigenvalue weighted by molar-refractivity contribution is 5.93. The number of carbonyl (C=O) groups is 1. The Kier molecular flexibility index (Phi) is 4.21. The van der Waals surface area contributed by atoms with E-state index < -0.39 is 6.10 Å². The molecule has 6 fully saturated rings. The molecule has 0 unspecified atom stereocenters. The van der Waals surface area contributed by atoms with Crippen molar-refractivity contribution in [2.45, 2.75) is 51.0 Å². The highest BCUT2D eigenvalue weighted by Gasteiger charge is 2.79. The summed E-state index contributed by atoms with van der Waals surface area (Å²) in [6.45, 7) is 5.75. The number of ketones is 1. The fourth-order valence-electron chi connectivity index (χ4n) is 9.14. The van der Waals surface area contributed by atoms with Gasteiger partial charge in [0.1, 0.15) is 5.78 Å². The number of aliphatic hydroxyl groups is 3. The van der Waals surface area contributed by atoms with Crippen LogP contribution in [0.2, 0.25) is 0 Å². The Labute approximate surface area is 167 Å². The SMILES string of the molecule is C=C1[C@H]2C[C@@H]3C(=O)[C@@]45CCC[C@@](CO)(CN(C)CCO)[C@H]4CC[C@]3([C@H]1O)[C@H]5C2. The molecule has 6 rings (SSSR count). The molecule has 6 aliphatic carbocycles. The van der Waals surface area contributed by atoms with E-state index in [0.29, 0.717) is 12.3 Å². The van der Waals surface area contributed by atoms with Gasteiger partial charge in [-0.2, -0.15) is 0 Å². The molecule has 0 aromatic rings. The van der Waals surface area contributed by atoms with Crippen molar-refractivity contribution in [1.29, 1.82) is 0 Å². The summed E-state index contributed by atoms with van der Waals surface area (Å²) in [6, 6.07) is 0. The van der Waals surface area contributed by atoms with Crippen molar-refractivity contribution in [2.75, 3.05) is 33.4 Å². The molecule has 5 heteroatoms. The second kappa shape index (κ2) is 6.13. The molecule has 0 aromatic heterocycles. The second-order valence-corrected chi connectivity index (χ2v) is 10.7. The third-order valence-corrected chi connectivity index (χ3v) is 9.99. The minimum Gasteiger partial charge on any atom is -0.396 e. The van der Waals surface area contributed by atoms with Crippen LogP contribution in [0.1, 0.15) is 44.9 Å². The number of Topliss-reactive ketones (excluding diaryl/α,β-unsaturated/α-hetero) is 1. The van der Waals surface area contributed by atoms with Gasteiger partial charge in [-0.25, -0.2) is 0 Å². The lowest BCUT2D eigenvalue weighted by Crippen LogP contribution is -2.63. The Hall–Kier alpha value is -0.750. The van der Waals surface area contributed by atoms with Crippen LogP contribution in [0.15, 0.2) is 12.2 Å². The molecule has 5 bridgehead atoms. The van der Waals surface area contributed by atoms with Crippen molar-refractivity contribution in [1.82, 2.24) is 4.90 Å². The fraction of sp³-hybridized carbons (Fsp3) is 0.870. The highest BCUT2D eigenvalue weighted by atomic mass is 16.3.